The lowest BCUT2D eigenvalue weighted by atomic mass is 10.0. The summed E-state index contributed by atoms with van der Waals surface area (Å²) in [4.78, 5) is 16.8. The highest BCUT2D eigenvalue weighted by molar-refractivity contribution is 6.31. The van der Waals surface area contributed by atoms with Crippen LogP contribution in [0.4, 0.5) is 0 Å². The molecule has 2 aromatic carbocycles. The van der Waals surface area contributed by atoms with Crippen LogP contribution in [0.1, 0.15) is 21.6 Å². The first-order valence-corrected chi connectivity index (χ1v) is 7.15. The number of hydrogen-bond acceptors (Lipinski definition) is 2. The van der Waals surface area contributed by atoms with Gasteiger partial charge in [0.15, 0.2) is 5.78 Å². The van der Waals surface area contributed by atoms with Crippen molar-refractivity contribution in [2.24, 2.45) is 0 Å². The molecule has 0 aliphatic rings. The summed E-state index contributed by atoms with van der Waals surface area (Å²) in [5, 5.41) is 1.61. The Balaban J connectivity index is 1.91. The molecule has 0 radical (unpaired) electrons. The summed E-state index contributed by atoms with van der Waals surface area (Å²) < 4.78 is 0. The van der Waals surface area contributed by atoms with Crippen molar-refractivity contribution in [3.8, 4) is 0 Å². The third-order valence-corrected chi connectivity index (χ3v) is 3.83. The Labute approximate surface area is 128 Å². The molecule has 0 amide bonds. The van der Waals surface area contributed by atoms with E-state index in [-0.39, 0.29) is 5.78 Å². The van der Waals surface area contributed by atoms with Crippen LogP contribution >= 0.6 is 11.6 Å². The second kappa shape index (κ2) is 5.66. The maximum absolute atomic E-state index is 12.4. The maximum Gasteiger partial charge on any atom is 0.167 e. The van der Waals surface area contributed by atoms with E-state index in [4.69, 9.17) is 11.6 Å². The molecule has 0 unspecified atom stereocenters. The Morgan fingerprint density at radius 1 is 1.10 bits per heavy atom. The minimum absolute atomic E-state index is 0.0607. The number of rotatable bonds is 3. The first kappa shape index (κ1) is 13.8. The van der Waals surface area contributed by atoms with Gasteiger partial charge in [-0.15, -0.1) is 0 Å². The zero-order valence-electron chi connectivity index (χ0n) is 11.6. The molecular weight excluding hydrogens is 282 g/mol. The average Bonchev–Trinajstić information content (AvgIpc) is 2.49. The number of nitrogens with zero attached hydrogens (tertiary/aromatic N) is 1. The van der Waals surface area contributed by atoms with Crippen LogP contribution in [0.25, 0.3) is 10.9 Å². The summed E-state index contributed by atoms with van der Waals surface area (Å²) in [6.07, 6.45) is 0.310. The van der Waals surface area contributed by atoms with Gasteiger partial charge in [-0.3, -0.25) is 9.78 Å². The highest BCUT2D eigenvalue weighted by Crippen LogP contribution is 2.19. The maximum atomic E-state index is 12.4. The third kappa shape index (κ3) is 2.96. The Morgan fingerprint density at radius 2 is 1.90 bits per heavy atom. The number of halogens is 1. The van der Waals surface area contributed by atoms with E-state index in [2.05, 4.69) is 4.98 Å². The number of carbonyl (C=O) groups is 1. The molecule has 2 nitrogen and oxygen atoms in total. The van der Waals surface area contributed by atoms with Gasteiger partial charge in [0.1, 0.15) is 0 Å². The quantitative estimate of drug-likeness (QED) is 0.660. The van der Waals surface area contributed by atoms with Crippen molar-refractivity contribution in [3.05, 3.63) is 76.4 Å². The lowest BCUT2D eigenvalue weighted by molar-refractivity contribution is 0.0993. The van der Waals surface area contributed by atoms with E-state index < -0.39 is 0 Å². The van der Waals surface area contributed by atoms with Crippen molar-refractivity contribution >= 4 is 28.3 Å². The molecule has 21 heavy (non-hydrogen) atoms. The van der Waals surface area contributed by atoms with Gasteiger partial charge in [0, 0.05) is 28.1 Å². The zero-order valence-corrected chi connectivity index (χ0v) is 12.4. The molecule has 3 aromatic rings. The molecule has 3 heteroatoms. The standard InChI is InChI=1S/C18H14ClNO/c1-12-6-7-14-10-15(8-9-17(14)20-12)18(21)11-13-4-2-3-5-16(13)19/h2-10H,11H2,1H3. The Kier molecular flexibility index (Phi) is 3.72. The first-order chi connectivity index (χ1) is 10.1. The molecule has 3 rings (SSSR count). The number of Topliss-reactive ketones (excluding diaryl/α,β-unsaturated/α-hetero) is 1. The second-order valence-electron chi connectivity index (χ2n) is 5.05. The molecule has 0 bridgehead atoms. The number of carbonyl (C=O) groups excluding carboxylic acids is 1. The van der Waals surface area contributed by atoms with Crippen molar-refractivity contribution in [2.45, 2.75) is 13.3 Å². The van der Waals surface area contributed by atoms with Gasteiger partial charge >= 0.3 is 0 Å². The fourth-order valence-electron chi connectivity index (χ4n) is 2.32. The predicted octanol–water partition coefficient (Wildman–Crippen LogP) is 4.62. The number of aromatic nitrogens is 1. The van der Waals surface area contributed by atoms with Crippen LogP contribution in [0.15, 0.2) is 54.6 Å². The van der Waals surface area contributed by atoms with Crippen LogP contribution in [0.5, 0.6) is 0 Å². The summed E-state index contributed by atoms with van der Waals surface area (Å²) in [6.45, 7) is 1.95. The Morgan fingerprint density at radius 3 is 2.71 bits per heavy atom. The fraction of sp³-hybridized carbons (Fsp3) is 0.111. The molecule has 0 aliphatic heterocycles. The number of hydrogen-bond donors (Lipinski definition) is 0. The van der Waals surface area contributed by atoms with E-state index in [1.54, 1.807) is 6.07 Å². The van der Waals surface area contributed by atoms with Crippen LogP contribution in [-0.4, -0.2) is 10.8 Å². The fourth-order valence-corrected chi connectivity index (χ4v) is 2.52. The molecule has 1 aromatic heterocycles. The predicted molar refractivity (Wildman–Crippen MR) is 86.0 cm³/mol. The van der Waals surface area contributed by atoms with E-state index in [0.717, 1.165) is 22.2 Å². The van der Waals surface area contributed by atoms with Crippen LogP contribution in [0.2, 0.25) is 5.02 Å². The lowest BCUT2D eigenvalue weighted by Gasteiger charge is -2.05. The van der Waals surface area contributed by atoms with Crippen molar-refractivity contribution in [1.29, 1.82) is 0 Å². The molecule has 0 saturated carbocycles. The molecule has 1 heterocycles. The number of aryl methyl sites for hydroxylation is 1. The van der Waals surface area contributed by atoms with Crippen molar-refractivity contribution in [2.75, 3.05) is 0 Å². The van der Waals surface area contributed by atoms with Crippen LogP contribution in [0.3, 0.4) is 0 Å². The smallest absolute Gasteiger partial charge is 0.167 e. The molecule has 0 N–H and O–H groups in total. The van der Waals surface area contributed by atoms with E-state index in [9.17, 15) is 4.79 Å². The topological polar surface area (TPSA) is 30.0 Å². The first-order valence-electron chi connectivity index (χ1n) is 6.77. The van der Waals surface area contributed by atoms with Gasteiger partial charge in [-0.25, -0.2) is 0 Å². The normalized spacial score (nSPS) is 10.8. The molecule has 0 saturated heterocycles. The Hall–Kier alpha value is -2.19. The van der Waals surface area contributed by atoms with Gasteiger partial charge in [-0.2, -0.15) is 0 Å². The van der Waals surface area contributed by atoms with Gasteiger partial charge in [0.05, 0.1) is 5.52 Å². The summed E-state index contributed by atoms with van der Waals surface area (Å²) >= 11 is 6.11. The lowest BCUT2D eigenvalue weighted by Crippen LogP contribution is -2.04. The molecule has 104 valence electrons. The van der Waals surface area contributed by atoms with Crippen molar-refractivity contribution in [1.82, 2.24) is 4.98 Å². The largest absolute Gasteiger partial charge is 0.294 e. The number of pyridine rings is 1. The number of benzene rings is 2. The van der Waals surface area contributed by atoms with Gasteiger partial charge < -0.3 is 0 Å². The average molecular weight is 296 g/mol. The minimum Gasteiger partial charge on any atom is -0.294 e. The van der Waals surface area contributed by atoms with Gasteiger partial charge in [0.25, 0.3) is 0 Å². The zero-order chi connectivity index (χ0) is 14.8. The highest BCUT2D eigenvalue weighted by Gasteiger charge is 2.10. The summed E-state index contributed by atoms with van der Waals surface area (Å²) in [6, 6.07) is 17.0. The third-order valence-electron chi connectivity index (χ3n) is 3.46. The van der Waals surface area contributed by atoms with Crippen LogP contribution in [0, 0.1) is 6.92 Å². The number of fused-ring (bicyclic) bond motifs is 1. The van der Waals surface area contributed by atoms with Gasteiger partial charge in [0.2, 0.25) is 0 Å². The highest BCUT2D eigenvalue weighted by atomic mass is 35.5. The van der Waals surface area contributed by atoms with Crippen LogP contribution in [-0.2, 0) is 6.42 Å². The molecule has 0 fully saturated rings. The van der Waals surface area contributed by atoms with Gasteiger partial charge in [-0.05, 0) is 42.8 Å². The second-order valence-corrected chi connectivity index (χ2v) is 5.46. The molecule has 0 aliphatic carbocycles. The Bertz CT molecular complexity index is 826. The van der Waals surface area contributed by atoms with E-state index in [1.165, 1.54) is 0 Å². The monoisotopic (exact) mass is 295 g/mol. The molecule has 0 spiro atoms. The SMILES string of the molecule is Cc1ccc2cc(C(=O)Cc3ccccc3Cl)ccc2n1. The molecular formula is C18H14ClNO. The number of ketones is 1. The van der Waals surface area contributed by atoms with E-state index in [1.807, 2.05) is 55.5 Å². The minimum atomic E-state index is 0.0607. The summed E-state index contributed by atoms with van der Waals surface area (Å²) in [5.41, 5.74) is 3.42. The van der Waals surface area contributed by atoms with E-state index >= 15 is 0 Å². The van der Waals surface area contributed by atoms with Gasteiger partial charge in [-0.1, -0.05) is 35.9 Å². The van der Waals surface area contributed by atoms with Crippen LogP contribution < -0.4 is 0 Å². The molecule has 0 atom stereocenters. The van der Waals surface area contributed by atoms with Crippen molar-refractivity contribution < 1.29 is 4.79 Å². The summed E-state index contributed by atoms with van der Waals surface area (Å²) in [7, 11) is 0. The summed E-state index contributed by atoms with van der Waals surface area (Å²) in [5.74, 6) is 0.0607. The van der Waals surface area contributed by atoms with E-state index in [0.29, 0.717) is 17.0 Å². The van der Waals surface area contributed by atoms with Crippen molar-refractivity contribution in [3.63, 3.8) is 0 Å².